The quantitative estimate of drug-likeness (QED) is 0.511. The molecule has 1 aromatic carbocycles. The van der Waals surface area contributed by atoms with Gasteiger partial charge >= 0.3 is 0 Å². The number of nitrogens with two attached hydrogens (primary N) is 1. The van der Waals surface area contributed by atoms with Crippen LogP contribution in [-0.2, 0) is 0 Å². The molecule has 4 N–H and O–H groups in total. The fourth-order valence-corrected chi connectivity index (χ4v) is 1.05. The third-order valence-electron chi connectivity index (χ3n) is 1.87. The maximum absolute atomic E-state index is 5.63. The number of anilines is 1. The van der Waals surface area contributed by atoms with Crippen LogP contribution in [-0.4, -0.2) is 19.9 Å². The zero-order valence-electron chi connectivity index (χ0n) is 8.99. The number of aliphatic imine (C=N–C) groups is 1. The predicted molar refractivity (Wildman–Crippen MR) is 64.8 cm³/mol. The molecule has 4 heteroatoms. The minimum Gasteiger partial charge on any atom is -0.385 e. The van der Waals surface area contributed by atoms with Crippen molar-refractivity contribution >= 4 is 11.5 Å². The summed E-state index contributed by atoms with van der Waals surface area (Å²) in [7, 11) is 3.48. The van der Waals surface area contributed by atoms with Gasteiger partial charge in [0.1, 0.15) is 5.84 Å². The summed E-state index contributed by atoms with van der Waals surface area (Å²) in [6.45, 7) is 0. The first-order valence-corrected chi connectivity index (χ1v) is 4.70. The van der Waals surface area contributed by atoms with E-state index in [1.54, 1.807) is 20.2 Å². The standard InChI is InChI=1S/C11H16N4/c1-13-10(12)8-11(14-2)15-9-6-4-3-5-7-9/h3-8,13H,12H2,1-2H3,(H,14,15)/b10-8+. The molecule has 0 unspecified atom stereocenters. The molecule has 0 aromatic heterocycles. The molecule has 80 valence electrons. The van der Waals surface area contributed by atoms with Crippen LogP contribution in [0.2, 0.25) is 0 Å². The number of hydrogen-bond acceptors (Lipinski definition) is 3. The molecule has 4 nitrogen and oxygen atoms in total. The van der Waals surface area contributed by atoms with Gasteiger partial charge in [0.15, 0.2) is 0 Å². The van der Waals surface area contributed by atoms with E-state index in [-0.39, 0.29) is 0 Å². The Morgan fingerprint density at radius 2 is 2.00 bits per heavy atom. The average Bonchev–Trinajstić information content (AvgIpc) is 2.29. The van der Waals surface area contributed by atoms with Crippen molar-refractivity contribution in [2.24, 2.45) is 10.7 Å². The lowest BCUT2D eigenvalue weighted by molar-refractivity contribution is 0.967. The molecule has 0 heterocycles. The maximum atomic E-state index is 5.63. The van der Waals surface area contributed by atoms with Gasteiger partial charge < -0.3 is 16.4 Å². The van der Waals surface area contributed by atoms with Crippen LogP contribution < -0.4 is 16.4 Å². The third-order valence-corrected chi connectivity index (χ3v) is 1.87. The van der Waals surface area contributed by atoms with E-state index in [0.29, 0.717) is 11.7 Å². The van der Waals surface area contributed by atoms with Crippen LogP contribution in [0.4, 0.5) is 5.69 Å². The van der Waals surface area contributed by atoms with E-state index >= 15 is 0 Å². The van der Waals surface area contributed by atoms with E-state index in [0.717, 1.165) is 5.69 Å². The monoisotopic (exact) mass is 204 g/mol. The smallest absolute Gasteiger partial charge is 0.128 e. The highest BCUT2D eigenvalue weighted by Gasteiger charge is 1.95. The predicted octanol–water partition coefficient (Wildman–Crippen LogP) is 1.15. The Morgan fingerprint density at radius 3 is 2.53 bits per heavy atom. The van der Waals surface area contributed by atoms with E-state index in [2.05, 4.69) is 15.6 Å². The molecule has 0 fully saturated rings. The largest absolute Gasteiger partial charge is 0.385 e. The van der Waals surface area contributed by atoms with Crippen LogP contribution in [0.15, 0.2) is 47.2 Å². The highest BCUT2D eigenvalue weighted by Crippen LogP contribution is 2.05. The van der Waals surface area contributed by atoms with Gasteiger partial charge in [-0.2, -0.15) is 0 Å². The minimum absolute atomic E-state index is 0.569. The Bertz CT molecular complexity index is 354. The van der Waals surface area contributed by atoms with Crippen molar-refractivity contribution < 1.29 is 0 Å². The van der Waals surface area contributed by atoms with Crippen LogP contribution >= 0.6 is 0 Å². The van der Waals surface area contributed by atoms with E-state index in [4.69, 9.17) is 5.73 Å². The van der Waals surface area contributed by atoms with Gasteiger partial charge in [0.2, 0.25) is 0 Å². The number of benzene rings is 1. The van der Waals surface area contributed by atoms with Gasteiger partial charge in [0.05, 0.1) is 5.82 Å². The first-order chi connectivity index (χ1) is 7.26. The summed E-state index contributed by atoms with van der Waals surface area (Å²) >= 11 is 0. The highest BCUT2D eigenvalue weighted by atomic mass is 15.0. The molecule has 0 bridgehead atoms. The zero-order valence-corrected chi connectivity index (χ0v) is 8.99. The second kappa shape index (κ2) is 5.70. The van der Waals surface area contributed by atoms with Crippen LogP contribution in [0.3, 0.4) is 0 Å². The normalized spacial score (nSPS) is 12.4. The molecule has 0 aliphatic rings. The molecule has 0 spiro atoms. The van der Waals surface area contributed by atoms with Gasteiger partial charge in [-0.15, -0.1) is 0 Å². The Hall–Kier alpha value is -1.97. The first-order valence-electron chi connectivity index (χ1n) is 4.70. The van der Waals surface area contributed by atoms with Crippen molar-refractivity contribution in [1.82, 2.24) is 5.32 Å². The van der Waals surface area contributed by atoms with E-state index in [1.165, 1.54) is 0 Å². The lowest BCUT2D eigenvalue weighted by Gasteiger charge is -2.06. The average molecular weight is 204 g/mol. The molecule has 0 atom stereocenters. The number of nitrogens with zero attached hydrogens (tertiary/aromatic N) is 1. The lowest BCUT2D eigenvalue weighted by Crippen LogP contribution is -2.19. The number of nitrogens with one attached hydrogen (secondary N) is 2. The van der Waals surface area contributed by atoms with Crippen molar-refractivity contribution in [2.45, 2.75) is 0 Å². The molecular weight excluding hydrogens is 188 g/mol. The summed E-state index contributed by atoms with van der Waals surface area (Å²) in [5.74, 6) is 1.28. The molecule has 0 saturated heterocycles. The Balaban J connectivity index is 2.72. The van der Waals surface area contributed by atoms with Crippen LogP contribution in [0.25, 0.3) is 0 Å². The van der Waals surface area contributed by atoms with Gasteiger partial charge in [-0.05, 0) is 12.1 Å². The van der Waals surface area contributed by atoms with Crippen molar-refractivity contribution in [2.75, 3.05) is 19.4 Å². The number of rotatable bonds is 3. The highest BCUT2D eigenvalue weighted by molar-refractivity contribution is 6.03. The Morgan fingerprint density at radius 1 is 1.33 bits per heavy atom. The first kappa shape index (κ1) is 11.1. The van der Waals surface area contributed by atoms with E-state index < -0.39 is 0 Å². The number of amidine groups is 1. The van der Waals surface area contributed by atoms with Gasteiger partial charge in [-0.25, -0.2) is 0 Å². The van der Waals surface area contributed by atoms with Gasteiger partial charge in [-0.3, -0.25) is 4.99 Å². The van der Waals surface area contributed by atoms with E-state index in [1.807, 2.05) is 30.3 Å². The zero-order chi connectivity index (χ0) is 11.1. The second-order valence-corrected chi connectivity index (χ2v) is 2.95. The SMILES string of the molecule is C/N=C(\C=C(/N)NC)Nc1ccccc1. The lowest BCUT2D eigenvalue weighted by atomic mass is 10.3. The molecule has 1 aromatic rings. The summed E-state index contributed by atoms with van der Waals surface area (Å²) in [5.41, 5.74) is 6.62. The fourth-order valence-electron chi connectivity index (χ4n) is 1.05. The Labute approximate surface area is 89.9 Å². The molecular formula is C11H16N4. The van der Waals surface area contributed by atoms with Crippen LogP contribution in [0.5, 0.6) is 0 Å². The molecule has 0 amide bonds. The topological polar surface area (TPSA) is 62.4 Å². The molecule has 0 radical (unpaired) electrons. The molecule has 0 aliphatic carbocycles. The van der Waals surface area contributed by atoms with Crippen molar-refractivity contribution in [3.8, 4) is 0 Å². The van der Waals surface area contributed by atoms with Crippen molar-refractivity contribution in [1.29, 1.82) is 0 Å². The van der Waals surface area contributed by atoms with Crippen molar-refractivity contribution in [3.05, 3.63) is 42.2 Å². The minimum atomic E-state index is 0.569. The summed E-state index contributed by atoms with van der Waals surface area (Å²) in [6.07, 6.45) is 1.74. The van der Waals surface area contributed by atoms with Gasteiger partial charge in [0, 0.05) is 25.9 Å². The number of hydrogen-bond donors (Lipinski definition) is 3. The van der Waals surface area contributed by atoms with Crippen LogP contribution in [0.1, 0.15) is 0 Å². The summed E-state index contributed by atoms with van der Waals surface area (Å²) in [4.78, 5) is 4.08. The molecule has 0 saturated carbocycles. The summed E-state index contributed by atoms with van der Waals surface area (Å²) in [6, 6.07) is 9.82. The molecule has 0 aliphatic heterocycles. The van der Waals surface area contributed by atoms with Crippen LogP contribution in [0, 0.1) is 0 Å². The van der Waals surface area contributed by atoms with E-state index in [9.17, 15) is 0 Å². The Kier molecular flexibility index (Phi) is 4.22. The fraction of sp³-hybridized carbons (Fsp3) is 0.182. The van der Waals surface area contributed by atoms with Gasteiger partial charge in [0.25, 0.3) is 0 Å². The van der Waals surface area contributed by atoms with Crippen molar-refractivity contribution in [3.63, 3.8) is 0 Å². The third kappa shape index (κ3) is 3.72. The molecule has 1 rings (SSSR count). The second-order valence-electron chi connectivity index (χ2n) is 2.95. The van der Waals surface area contributed by atoms with Gasteiger partial charge in [-0.1, -0.05) is 18.2 Å². The summed E-state index contributed by atoms with van der Waals surface area (Å²) in [5, 5.41) is 5.98. The maximum Gasteiger partial charge on any atom is 0.128 e. The number of para-hydroxylation sites is 1. The summed E-state index contributed by atoms with van der Waals surface area (Å²) < 4.78 is 0. The molecule has 15 heavy (non-hydrogen) atoms.